The summed E-state index contributed by atoms with van der Waals surface area (Å²) in [6.07, 6.45) is 5.48. The van der Waals surface area contributed by atoms with E-state index < -0.39 is 0 Å². The van der Waals surface area contributed by atoms with Gasteiger partial charge < -0.3 is 15.2 Å². The summed E-state index contributed by atoms with van der Waals surface area (Å²) in [6.45, 7) is 9.10. The molecular weight excluding hydrogens is 432 g/mol. The molecule has 0 unspecified atom stereocenters. The number of rotatable bonds is 7. The molecular formula is C18H27FIN5. The molecule has 7 heteroatoms. The normalized spacial score (nSPS) is 11.8. The Bertz CT molecular complexity index is 655. The summed E-state index contributed by atoms with van der Waals surface area (Å²) in [4.78, 5) is 8.68. The van der Waals surface area contributed by atoms with E-state index in [4.69, 9.17) is 0 Å². The number of guanidine groups is 1. The fourth-order valence-electron chi connectivity index (χ4n) is 2.34. The van der Waals surface area contributed by atoms with E-state index in [0.717, 1.165) is 31.2 Å². The van der Waals surface area contributed by atoms with Gasteiger partial charge in [0.05, 0.1) is 12.9 Å². The van der Waals surface area contributed by atoms with Crippen LogP contribution in [-0.2, 0) is 12.0 Å². The van der Waals surface area contributed by atoms with Crippen molar-refractivity contribution in [2.24, 2.45) is 4.99 Å². The maximum Gasteiger partial charge on any atom is 0.191 e. The van der Waals surface area contributed by atoms with Gasteiger partial charge in [0, 0.05) is 37.4 Å². The molecule has 2 aromatic rings. The predicted octanol–water partition coefficient (Wildman–Crippen LogP) is 3.17. The summed E-state index contributed by atoms with van der Waals surface area (Å²) in [7, 11) is 0. The number of hydrogen-bond donors (Lipinski definition) is 2. The third-order valence-electron chi connectivity index (χ3n) is 3.80. The van der Waals surface area contributed by atoms with Crippen molar-refractivity contribution < 1.29 is 4.39 Å². The van der Waals surface area contributed by atoms with Crippen molar-refractivity contribution in [3.8, 4) is 0 Å². The van der Waals surface area contributed by atoms with Crippen molar-refractivity contribution in [2.75, 3.05) is 19.6 Å². The van der Waals surface area contributed by atoms with Crippen LogP contribution in [0.3, 0.4) is 0 Å². The molecule has 0 spiro atoms. The molecule has 2 N–H and O–H groups in total. The lowest BCUT2D eigenvalue weighted by Crippen LogP contribution is -2.39. The largest absolute Gasteiger partial charge is 0.357 e. The Morgan fingerprint density at radius 2 is 2.12 bits per heavy atom. The van der Waals surface area contributed by atoms with Gasteiger partial charge >= 0.3 is 0 Å². The van der Waals surface area contributed by atoms with E-state index in [1.165, 1.54) is 6.07 Å². The molecule has 0 saturated heterocycles. The van der Waals surface area contributed by atoms with Gasteiger partial charge in [0.15, 0.2) is 5.96 Å². The molecule has 0 bridgehead atoms. The molecule has 0 aliphatic carbocycles. The highest BCUT2D eigenvalue weighted by Crippen LogP contribution is 2.24. The first-order valence-corrected chi connectivity index (χ1v) is 8.25. The molecule has 1 aromatic carbocycles. The van der Waals surface area contributed by atoms with Crippen molar-refractivity contribution in [1.82, 2.24) is 20.2 Å². The van der Waals surface area contributed by atoms with Crippen LogP contribution in [0.2, 0.25) is 0 Å². The Kier molecular flexibility index (Phi) is 8.88. The second-order valence-electron chi connectivity index (χ2n) is 6.32. The number of nitrogens with zero attached hydrogens (tertiary/aromatic N) is 3. The smallest absolute Gasteiger partial charge is 0.191 e. The maximum absolute atomic E-state index is 13.5. The molecule has 25 heavy (non-hydrogen) atoms. The summed E-state index contributed by atoms with van der Waals surface area (Å²) < 4.78 is 15.5. The molecule has 0 atom stereocenters. The Morgan fingerprint density at radius 3 is 2.76 bits per heavy atom. The summed E-state index contributed by atoms with van der Waals surface area (Å²) in [5, 5.41) is 6.55. The van der Waals surface area contributed by atoms with Crippen molar-refractivity contribution in [1.29, 1.82) is 0 Å². The SMILES string of the molecule is CCNC(=NCC(C)(C)c1cccc(F)c1)NCCn1ccnc1.I. The number of nitrogens with one attached hydrogen (secondary N) is 2. The Balaban J connectivity index is 0.00000312. The van der Waals surface area contributed by atoms with Crippen LogP contribution in [-0.4, -0.2) is 35.1 Å². The lowest BCUT2D eigenvalue weighted by atomic mass is 9.85. The van der Waals surface area contributed by atoms with E-state index in [0.29, 0.717) is 6.54 Å². The Hall–Kier alpha value is -1.64. The number of aromatic nitrogens is 2. The van der Waals surface area contributed by atoms with E-state index in [1.54, 1.807) is 24.7 Å². The fraction of sp³-hybridized carbons (Fsp3) is 0.444. The van der Waals surface area contributed by atoms with Crippen LogP contribution in [0, 0.1) is 5.82 Å². The Labute approximate surface area is 166 Å². The first kappa shape index (κ1) is 21.4. The second kappa shape index (κ2) is 10.4. The minimum absolute atomic E-state index is 0. The van der Waals surface area contributed by atoms with E-state index in [2.05, 4.69) is 34.5 Å². The van der Waals surface area contributed by atoms with Crippen molar-refractivity contribution in [3.05, 3.63) is 54.4 Å². The molecule has 1 aromatic heterocycles. The maximum atomic E-state index is 13.5. The minimum atomic E-state index is -0.241. The topological polar surface area (TPSA) is 54.2 Å². The zero-order valence-electron chi connectivity index (χ0n) is 15.0. The summed E-state index contributed by atoms with van der Waals surface area (Å²) in [5.74, 6) is 0.553. The number of halogens is 2. The molecule has 0 amide bonds. The van der Waals surface area contributed by atoms with Gasteiger partial charge in [-0.2, -0.15) is 0 Å². The third kappa shape index (κ3) is 7.01. The van der Waals surface area contributed by atoms with Gasteiger partial charge in [-0.1, -0.05) is 26.0 Å². The van der Waals surface area contributed by atoms with Gasteiger partial charge in [-0.3, -0.25) is 4.99 Å². The molecule has 0 radical (unpaired) electrons. The average molecular weight is 459 g/mol. The average Bonchev–Trinajstić information content (AvgIpc) is 3.06. The van der Waals surface area contributed by atoms with Crippen LogP contribution in [0.25, 0.3) is 0 Å². The minimum Gasteiger partial charge on any atom is -0.357 e. The van der Waals surface area contributed by atoms with Gasteiger partial charge in [0.25, 0.3) is 0 Å². The second-order valence-corrected chi connectivity index (χ2v) is 6.32. The molecule has 1 heterocycles. The van der Waals surface area contributed by atoms with Crippen molar-refractivity contribution in [2.45, 2.75) is 32.7 Å². The number of benzene rings is 1. The van der Waals surface area contributed by atoms with Crippen LogP contribution in [0.5, 0.6) is 0 Å². The number of aliphatic imine (C=N–C) groups is 1. The van der Waals surface area contributed by atoms with E-state index >= 15 is 0 Å². The van der Waals surface area contributed by atoms with Crippen molar-refractivity contribution >= 4 is 29.9 Å². The van der Waals surface area contributed by atoms with Crippen molar-refractivity contribution in [3.63, 3.8) is 0 Å². The van der Waals surface area contributed by atoms with E-state index in [9.17, 15) is 4.39 Å². The number of imidazole rings is 1. The number of hydrogen-bond acceptors (Lipinski definition) is 2. The molecule has 5 nitrogen and oxygen atoms in total. The first-order valence-electron chi connectivity index (χ1n) is 8.25. The summed E-state index contributed by atoms with van der Waals surface area (Å²) in [6, 6.07) is 6.72. The van der Waals surface area contributed by atoms with E-state index in [1.807, 2.05) is 23.8 Å². The third-order valence-corrected chi connectivity index (χ3v) is 3.80. The monoisotopic (exact) mass is 459 g/mol. The van der Waals surface area contributed by atoms with Crippen LogP contribution in [0.15, 0.2) is 48.0 Å². The molecule has 0 aliphatic rings. The highest BCUT2D eigenvalue weighted by atomic mass is 127. The molecule has 138 valence electrons. The van der Waals surface area contributed by atoms with Crippen LogP contribution in [0.4, 0.5) is 4.39 Å². The quantitative estimate of drug-likeness (QED) is 0.380. The highest BCUT2D eigenvalue weighted by molar-refractivity contribution is 14.0. The summed E-state index contributed by atoms with van der Waals surface area (Å²) in [5.41, 5.74) is 0.704. The van der Waals surface area contributed by atoms with Gasteiger partial charge in [0.2, 0.25) is 0 Å². The lowest BCUT2D eigenvalue weighted by molar-refractivity contribution is 0.528. The lowest BCUT2D eigenvalue weighted by Gasteiger charge is -2.24. The fourth-order valence-corrected chi connectivity index (χ4v) is 2.34. The molecule has 0 fully saturated rings. The van der Waals surface area contributed by atoms with Crippen LogP contribution >= 0.6 is 24.0 Å². The standard InChI is InChI=1S/C18H26FN5.HI/c1-4-21-17(22-9-11-24-10-8-20-14-24)23-13-18(2,3)15-6-5-7-16(19)12-15;/h5-8,10,12,14H,4,9,11,13H2,1-3H3,(H2,21,22,23);1H. The van der Waals surface area contributed by atoms with Crippen LogP contribution in [0.1, 0.15) is 26.3 Å². The zero-order valence-corrected chi connectivity index (χ0v) is 17.3. The highest BCUT2D eigenvalue weighted by Gasteiger charge is 2.21. The van der Waals surface area contributed by atoms with Gasteiger partial charge in [-0.25, -0.2) is 9.37 Å². The van der Waals surface area contributed by atoms with Gasteiger partial charge in [-0.15, -0.1) is 24.0 Å². The first-order chi connectivity index (χ1) is 11.5. The molecule has 0 saturated carbocycles. The van der Waals surface area contributed by atoms with Crippen LogP contribution < -0.4 is 10.6 Å². The predicted molar refractivity (Wildman–Crippen MR) is 111 cm³/mol. The molecule has 0 aliphatic heterocycles. The zero-order chi connectivity index (χ0) is 17.4. The van der Waals surface area contributed by atoms with E-state index in [-0.39, 0.29) is 35.2 Å². The summed E-state index contributed by atoms with van der Waals surface area (Å²) >= 11 is 0. The van der Waals surface area contributed by atoms with Gasteiger partial charge in [0.1, 0.15) is 5.82 Å². The molecule has 2 rings (SSSR count). The Morgan fingerprint density at radius 1 is 1.32 bits per heavy atom. The van der Waals surface area contributed by atoms with Gasteiger partial charge in [-0.05, 0) is 24.6 Å².